The van der Waals surface area contributed by atoms with Crippen LogP contribution in [0.15, 0.2) is 39.8 Å². The summed E-state index contributed by atoms with van der Waals surface area (Å²) in [5.74, 6) is -1.12. The van der Waals surface area contributed by atoms with Crippen LogP contribution in [0.3, 0.4) is 0 Å². The Morgan fingerprint density at radius 2 is 2.07 bits per heavy atom. The first-order valence-electron chi connectivity index (χ1n) is 8.49. The fourth-order valence-electron chi connectivity index (χ4n) is 3.08. The van der Waals surface area contributed by atoms with Gasteiger partial charge in [-0.05, 0) is 53.0 Å². The molecule has 1 aliphatic rings. The van der Waals surface area contributed by atoms with Gasteiger partial charge >= 0.3 is 0 Å². The van der Waals surface area contributed by atoms with Crippen LogP contribution in [0, 0.1) is 11.7 Å². The number of carbonyl (C=O) groups excluding carboxylic acids is 1. The number of aryl methyl sites for hydroxylation is 1. The minimum Gasteiger partial charge on any atom is -0.350 e. The van der Waals surface area contributed by atoms with E-state index >= 15 is 0 Å². The van der Waals surface area contributed by atoms with Crippen molar-refractivity contribution in [3.63, 3.8) is 0 Å². The van der Waals surface area contributed by atoms with E-state index in [1.165, 1.54) is 16.4 Å². The molecule has 27 heavy (non-hydrogen) atoms. The van der Waals surface area contributed by atoms with Crippen molar-refractivity contribution in [1.82, 2.24) is 19.4 Å². The van der Waals surface area contributed by atoms with E-state index in [1.54, 1.807) is 17.9 Å². The van der Waals surface area contributed by atoms with E-state index in [0.29, 0.717) is 25.9 Å². The van der Waals surface area contributed by atoms with Crippen LogP contribution in [0.2, 0.25) is 0 Å². The Kier molecular flexibility index (Phi) is 5.97. The third-order valence-corrected chi connectivity index (χ3v) is 7.19. The summed E-state index contributed by atoms with van der Waals surface area (Å²) < 4.78 is 42.3. The van der Waals surface area contributed by atoms with Crippen LogP contribution in [-0.2, 0) is 28.4 Å². The molecule has 0 spiro atoms. The summed E-state index contributed by atoms with van der Waals surface area (Å²) in [6.07, 6.45) is 2.86. The molecule has 1 atom stereocenters. The minimum absolute atomic E-state index is 0.0313. The van der Waals surface area contributed by atoms with Crippen molar-refractivity contribution in [2.24, 2.45) is 13.0 Å². The number of hydrogen-bond acceptors (Lipinski definition) is 4. The summed E-state index contributed by atoms with van der Waals surface area (Å²) in [6.45, 7) is 0.756. The lowest BCUT2D eigenvalue weighted by Gasteiger charge is -2.31. The van der Waals surface area contributed by atoms with Crippen molar-refractivity contribution in [2.45, 2.75) is 24.3 Å². The summed E-state index contributed by atoms with van der Waals surface area (Å²) in [6, 6.07) is 4.72. The number of hydrogen-bond donors (Lipinski definition) is 1. The molecule has 0 bridgehead atoms. The number of carbonyl (C=O) groups is 1. The molecule has 0 radical (unpaired) electrons. The minimum atomic E-state index is -3.75. The SMILES string of the molecule is Cn1ncc(Br)c1CNC(=O)[C@H]1CCCN(S(=O)(=O)c2ccc(F)cc2)C1. The van der Waals surface area contributed by atoms with Gasteiger partial charge in [-0.1, -0.05) is 0 Å². The van der Waals surface area contributed by atoms with Crippen molar-refractivity contribution < 1.29 is 17.6 Å². The van der Waals surface area contributed by atoms with Gasteiger partial charge in [-0.3, -0.25) is 9.48 Å². The maximum Gasteiger partial charge on any atom is 0.243 e. The monoisotopic (exact) mass is 458 g/mol. The van der Waals surface area contributed by atoms with Crippen molar-refractivity contribution >= 4 is 31.9 Å². The summed E-state index contributed by atoms with van der Waals surface area (Å²) in [4.78, 5) is 12.6. The second-order valence-electron chi connectivity index (χ2n) is 6.44. The number of nitrogens with zero attached hydrogens (tertiary/aromatic N) is 3. The lowest BCUT2D eigenvalue weighted by molar-refractivity contribution is -0.126. The van der Waals surface area contributed by atoms with Crippen LogP contribution in [-0.4, -0.2) is 41.5 Å². The van der Waals surface area contributed by atoms with E-state index in [4.69, 9.17) is 0 Å². The molecule has 1 aliphatic heterocycles. The number of rotatable bonds is 5. The molecule has 1 fully saturated rings. The average Bonchev–Trinajstić information content (AvgIpc) is 2.98. The van der Waals surface area contributed by atoms with Crippen LogP contribution in [0.25, 0.3) is 0 Å². The molecule has 0 aliphatic carbocycles. The van der Waals surface area contributed by atoms with E-state index in [0.717, 1.165) is 22.3 Å². The second kappa shape index (κ2) is 8.07. The maximum atomic E-state index is 13.1. The number of halogens is 2. The molecule has 1 saturated heterocycles. The highest BCUT2D eigenvalue weighted by Crippen LogP contribution is 2.24. The number of sulfonamides is 1. The van der Waals surface area contributed by atoms with Crippen molar-refractivity contribution in [3.05, 3.63) is 46.4 Å². The number of aromatic nitrogens is 2. The number of piperidine rings is 1. The Bertz CT molecular complexity index is 911. The molecule has 7 nitrogen and oxygen atoms in total. The normalized spacial score (nSPS) is 18.4. The van der Waals surface area contributed by atoms with Gasteiger partial charge in [0.15, 0.2) is 0 Å². The molecule has 1 amide bonds. The highest BCUT2D eigenvalue weighted by atomic mass is 79.9. The van der Waals surface area contributed by atoms with E-state index in [-0.39, 0.29) is 17.3 Å². The van der Waals surface area contributed by atoms with E-state index in [9.17, 15) is 17.6 Å². The predicted octanol–water partition coefficient (Wildman–Crippen LogP) is 2.04. The van der Waals surface area contributed by atoms with E-state index in [1.807, 2.05) is 0 Å². The first-order valence-corrected chi connectivity index (χ1v) is 10.7. The second-order valence-corrected chi connectivity index (χ2v) is 9.23. The zero-order valence-corrected chi connectivity index (χ0v) is 17.1. The Balaban J connectivity index is 1.66. The summed E-state index contributed by atoms with van der Waals surface area (Å²) >= 11 is 3.38. The van der Waals surface area contributed by atoms with Gasteiger partial charge in [0.05, 0.1) is 33.7 Å². The molecule has 0 saturated carbocycles. The van der Waals surface area contributed by atoms with Crippen molar-refractivity contribution in [1.29, 1.82) is 0 Å². The van der Waals surface area contributed by atoms with Crippen LogP contribution >= 0.6 is 15.9 Å². The first kappa shape index (κ1) is 20.0. The topological polar surface area (TPSA) is 84.3 Å². The van der Waals surface area contributed by atoms with Crippen molar-refractivity contribution in [2.75, 3.05) is 13.1 Å². The van der Waals surface area contributed by atoms with E-state index < -0.39 is 21.8 Å². The standard InChI is InChI=1S/C17H20BrFN4O3S/c1-22-16(15(18)9-21-22)10-20-17(24)12-3-2-8-23(11-12)27(25,26)14-6-4-13(19)5-7-14/h4-7,9,12H,2-3,8,10-11H2,1H3,(H,20,24)/t12-/m0/s1. The van der Waals surface area contributed by atoms with Crippen LogP contribution < -0.4 is 5.32 Å². The highest BCUT2D eigenvalue weighted by molar-refractivity contribution is 9.10. The highest BCUT2D eigenvalue weighted by Gasteiger charge is 2.33. The van der Waals surface area contributed by atoms with Gasteiger partial charge in [0, 0.05) is 20.1 Å². The van der Waals surface area contributed by atoms with Gasteiger partial charge in [-0.25, -0.2) is 12.8 Å². The molecule has 1 aromatic carbocycles. The fraction of sp³-hybridized carbons (Fsp3) is 0.412. The Labute approximate surface area is 165 Å². The molecule has 146 valence electrons. The lowest BCUT2D eigenvalue weighted by atomic mass is 9.99. The van der Waals surface area contributed by atoms with Crippen molar-refractivity contribution in [3.8, 4) is 0 Å². The smallest absolute Gasteiger partial charge is 0.243 e. The Morgan fingerprint density at radius 3 is 2.70 bits per heavy atom. The van der Waals surface area contributed by atoms with Crippen LogP contribution in [0.4, 0.5) is 4.39 Å². The summed E-state index contributed by atoms with van der Waals surface area (Å²) in [7, 11) is -1.97. The molecule has 2 aromatic rings. The van der Waals surface area contributed by atoms with Gasteiger partial charge in [0.1, 0.15) is 5.82 Å². The number of nitrogens with one attached hydrogen (secondary N) is 1. The quantitative estimate of drug-likeness (QED) is 0.742. The molecular weight excluding hydrogens is 439 g/mol. The Morgan fingerprint density at radius 1 is 1.37 bits per heavy atom. The summed E-state index contributed by atoms with van der Waals surface area (Å²) in [5, 5.41) is 6.95. The largest absolute Gasteiger partial charge is 0.350 e. The van der Waals surface area contributed by atoms with Crippen LogP contribution in [0.1, 0.15) is 18.5 Å². The third-order valence-electron chi connectivity index (χ3n) is 4.65. The predicted molar refractivity (Wildman–Crippen MR) is 101 cm³/mol. The van der Waals surface area contributed by atoms with E-state index in [2.05, 4.69) is 26.3 Å². The average molecular weight is 459 g/mol. The summed E-state index contributed by atoms with van der Waals surface area (Å²) in [5.41, 5.74) is 0.829. The molecule has 2 heterocycles. The van der Waals surface area contributed by atoms with Gasteiger partial charge in [0.2, 0.25) is 15.9 Å². The zero-order chi connectivity index (χ0) is 19.6. The molecule has 1 N–H and O–H groups in total. The molecular formula is C17H20BrFN4O3S. The fourth-order valence-corrected chi connectivity index (χ4v) is 5.09. The van der Waals surface area contributed by atoms with Gasteiger partial charge in [-0.2, -0.15) is 9.40 Å². The van der Waals surface area contributed by atoms with Crippen LogP contribution in [0.5, 0.6) is 0 Å². The maximum absolute atomic E-state index is 13.1. The number of benzene rings is 1. The molecule has 10 heteroatoms. The lowest BCUT2D eigenvalue weighted by Crippen LogP contribution is -2.45. The van der Waals surface area contributed by atoms with Gasteiger partial charge in [0.25, 0.3) is 0 Å². The first-order chi connectivity index (χ1) is 12.8. The Hall–Kier alpha value is -1.78. The van der Waals surface area contributed by atoms with Gasteiger partial charge in [-0.15, -0.1) is 0 Å². The third kappa shape index (κ3) is 4.39. The molecule has 3 rings (SSSR count). The number of amides is 1. The molecule has 0 unspecified atom stereocenters. The van der Waals surface area contributed by atoms with Gasteiger partial charge < -0.3 is 5.32 Å². The zero-order valence-electron chi connectivity index (χ0n) is 14.7. The molecule has 1 aromatic heterocycles.